The highest BCUT2D eigenvalue weighted by Crippen LogP contribution is 2.29. The molecule has 0 spiro atoms. The largest absolute Gasteiger partial charge is 0.359 e. The zero-order chi connectivity index (χ0) is 19.5. The van der Waals surface area contributed by atoms with E-state index in [4.69, 9.17) is 28.9 Å². The second-order valence-corrected chi connectivity index (χ2v) is 8.25. The molecule has 2 aromatic carbocycles. The van der Waals surface area contributed by atoms with Gasteiger partial charge in [0.25, 0.3) is 0 Å². The number of nitrogens with one attached hydrogen (secondary N) is 1. The fourth-order valence-corrected chi connectivity index (χ4v) is 4.12. The van der Waals surface area contributed by atoms with Gasteiger partial charge in [-0.05, 0) is 41.6 Å². The Kier molecular flexibility index (Phi) is 5.73. The maximum absolute atomic E-state index is 6.24. The summed E-state index contributed by atoms with van der Waals surface area (Å²) in [7, 11) is 0. The van der Waals surface area contributed by atoms with Gasteiger partial charge in [-0.25, -0.2) is 0 Å². The molecule has 142 valence electrons. The quantitative estimate of drug-likeness (QED) is 0.448. The Bertz CT molecular complexity index is 1110. The lowest BCUT2D eigenvalue weighted by Crippen LogP contribution is -2.31. The molecule has 0 amide bonds. The van der Waals surface area contributed by atoms with E-state index in [1.807, 2.05) is 36.5 Å². The molecular weight excluding hydrogens is 413 g/mol. The molecule has 28 heavy (non-hydrogen) atoms. The molecule has 0 saturated heterocycles. The topological polar surface area (TPSA) is 76.7 Å². The lowest BCUT2D eigenvalue weighted by molar-refractivity contribution is 0.698. The Morgan fingerprint density at radius 1 is 1.04 bits per heavy atom. The zero-order valence-corrected chi connectivity index (χ0v) is 17.1. The van der Waals surface area contributed by atoms with Crippen molar-refractivity contribution in [1.82, 2.24) is 15.2 Å². The van der Waals surface area contributed by atoms with Crippen molar-refractivity contribution in [1.29, 1.82) is 0 Å². The predicted octanol–water partition coefficient (Wildman–Crippen LogP) is 5.04. The third-order valence-electron chi connectivity index (χ3n) is 4.33. The van der Waals surface area contributed by atoms with Gasteiger partial charge in [0.15, 0.2) is 0 Å². The number of aromatic nitrogens is 3. The van der Waals surface area contributed by atoms with Crippen LogP contribution < -0.4 is 11.1 Å². The Balaban J connectivity index is 1.40. The van der Waals surface area contributed by atoms with Crippen LogP contribution in [0.25, 0.3) is 21.3 Å². The molecule has 0 radical (unpaired) electrons. The maximum atomic E-state index is 6.24. The van der Waals surface area contributed by atoms with Gasteiger partial charge in [-0.15, -0.1) is 10.2 Å². The Morgan fingerprint density at radius 3 is 2.79 bits per heavy atom. The van der Waals surface area contributed by atoms with Gasteiger partial charge < -0.3 is 11.1 Å². The first kappa shape index (κ1) is 19.1. The molecule has 1 atom stereocenters. The summed E-state index contributed by atoms with van der Waals surface area (Å²) >= 11 is 13.7. The number of hydrogen-bond donors (Lipinski definition) is 2. The first-order valence-corrected chi connectivity index (χ1v) is 10.3. The van der Waals surface area contributed by atoms with Crippen molar-refractivity contribution >= 4 is 50.4 Å². The van der Waals surface area contributed by atoms with E-state index in [9.17, 15) is 0 Å². The van der Waals surface area contributed by atoms with Crippen molar-refractivity contribution in [3.63, 3.8) is 0 Å². The first-order chi connectivity index (χ1) is 13.6. The van der Waals surface area contributed by atoms with Gasteiger partial charge in [0.05, 0.1) is 0 Å². The summed E-state index contributed by atoms with van der Waals surface area (Å²) in [5.41, 5.74) is 8.24. The van der Waals surface area contributed by atoms with E-state index in [1.165, 1.54) is 11.3 Å². The number of benzene rings is 2. The van der Waals surface area contributed by atoms with Crippen LogP contribution in [0.1, 0.15) is 5.56 Å². The summed E-state index contributed by atoms with van der Waals surface area (Å²) in [6, 6.07) is 13.5. The minimum absolute atomic E-state index is 0.112. The number of nitrogens with zero attached hydrogens (tertiary/aromatic N) is 3. The maximum Gasteiger partial charge on any atom is 0.206 e. The van der Waals surface area contributed by atoms with Gasteiger partial charge in [-0.2, -0.15) is 0 Å². The number of rotatable bonds is 6. The highest BCUT2D eigenvalue weighted by molar-refractivity contribution is 7.18. The molecule has 0 saturated carbocycles. The van der Waals surface area contributed by atoms with Crippen LogP contribution in [0.2, 0.25) is 10.0 Å². The smallest absolute Gasteiger partial charge is 0.206 e. The Morgan fingerprint density at radius 2 is 1.93 bits per heavy atom. The van der Waals surface area contributed by atoms with Crippen LogP contribution in [0.4, 0.5) is 5.13 Å². The summed E-state index contributed by atoms with van der Waals surface area (Å²) in [5.74, 6) is 0. The average Bonchev–Trinajstić information content (AvgIpc) is 3.17. The molecule has 4 rings (SSSR count). The number of hydrogen-bond acceptors (Lipinski definition) is 6. The van der Waals surface area contributed by atoms with Crippen molar-refractivity contribution in [2.45, 2.75) is 12.5 Å². The van der Waals surface area contributed by atoms with Crippen LogP contribution in [0.15, 0.2) is 54.9 Å². The second-order valence-electron chi connectivity index (χ2n) is 6.43. The van der Waals surface area contributed by atoms with Crippen molar-refractivity contribution < 1.29 is 0 Å². The zero-order valence-electron chi connectivity index (χ0n) is 14.8. The van der Waals surface area contributed by atoms with Crippen molar-refractivity contribution in [2.24, 2.45) is 5.73 Å². The standard InChI is InChI=1S/C20H17Cl2N5S/c21-16-4-3-13(18(22)9-16)8-17(23)11-25-20-27-26-19(28-20)14-1-2-15-10-24-6-5-12(15)7-14/h1-7,9-10,17H,8,11,23H2,(H,25,27)/t17-/m1/s1. The van der Waals surface area contributed by atoms with Gasteiger partial charge in [0.2, 0.25) is 5.13 Å². The summed E-state index contributed by atoms with van der Waals surface area (Å²) in [6.45, 7) is 0.566. The van der Waals surface area contributed by atoms with E-state index in [0.29, 0.717) is 23.0 Å². The third-order valence-corrected chi connectivity index (χ3v) is 5.84. The Labute approximate surface area is 176 Å². The monoisotopic (exact) mass is 429 g/mol. The van der Waals surface area contributed by atoms with Crippen LogP contribution in [0.3, 0.4) is 0 Å². The Hall–Kier alpha value is -2.25. The SMILES string of the molecule is N[C@@H](CNc1nnc(-c2ccc3cnccc3c2)s1)Cc1ccc(Cl)cc1Cl. The highest BCUT2D eigenvalue weighted by Gasteiger charge is 2.11. The normalized spacial score (nSPS) is 12.2. The second kappa shape index (κ2) is 8.41. The van der Waals surface area contributed by atoms with Crippen LogP contribution in [-0.4, -0.2) is 27.8 Å². The summed E-state index contributed by atoms with van der Waals surface area (Å²) in [4.78, 5) is 4.14. The summed E-state index contributed by atoms with van der Waals surface area (Å²) in [6.07, 6.45) is 4.28. The molecule has 4 aromatic rings. The molecule has 0 bridgehead atoms. The van der Waals surface area contributed by atoms with E-state index >= 15 is 0 Å². The number of fused-ring (bicyclic) bond motifs is 1. The molecular formula is C20H17Cl2N5S. The van der Waals surface area contributed by atoms with Crippen LogP contribution in [0, 0.1) is 0 Å². The third kappa shape index (κ3) is 4.42. The lowest BCUT2D eigenvalue weighted by Gasteiger charge is -2.13. The van der Waals surface area contributed by atoms with Crippen molar-refractivity contribution in [2.75, 3.05) is 11.9 Å². The van der Waals surface area contributed by atoms with Gasteiger partial charge in [-0.3, -0.25) is 4.98 Å². The van der Waals surface area contributed by atoms with Gasteiger partial charge in [-0.1, -0.05) is 52.7 Å². The van der Waals surface area contributed by atoms with E-state index in [0.717, 1.165) is 32.0 Å². The average molecular weight is 430 g/mol. The number of anilines is 1. The molecule has 2 aromatic heterocycles. The molecule has 5 nitrogen and oxygen atoms in total. The van der Waals surface area contributed by atoms with Crippen LogP contribution >= 0.6 is 34.5 Å². The fourth-order valence-electron chi connectivity index (χ4n) is 2.89. The molecule has 2 heterocycles. The molecule has 8 heteroatoms. The molecule has 0 fully saturated rings. The first-order valence-electron chi connectivity index (χ1n) is 8.69. The van der Waals surface area contributed by atoms with E-state index in [-0.39, 0.29) is 6.04 Å². The fraction of sp³-hybridized carbons (Fsp3) is 0.150. The van der Waals surface area contributed by atoms with Gasteiger partial charge in [0.1, 0.15) is 5.01 Å². The van der Waals surface area contributed by atoms with E-state index in [2.05, 4.69) is 26.6 Å². The van der Waals surface area contributed by atoms with Crippen molar-refractivity contribution in [3.05, 3.63) is 70.5 Å². The summed E-state index contributed by atoms with van der Waals surface area (Å²) < 4.78 is 0. The lowest BCUT2D eigenvalue weighted by atomic mass is 10.1. The molecule has 0 aliphatic heterocycles. The number of pyridine rings is 1. The van der Waals surface area contributed by atoms with Crippen LogP contribution in [0.5, 0.6) is 0 Å². The van der Waals surface area contributed by atoms with E-state index in [1.54, 1.807) is 12.3 Å². The molecule has 3 N–H and O–H groups in total. The van der Waals surface area contributed by atoms with E-state index < -0.39 is 0 Å². The van der Waals surface area contributed by atoms with Crippen LogP contribution in [-0.2, 0) is 6.42 Å². The molecule has 0 unspecified atom stereocenters. The minimum atomic E-state index is -0.112. The van der Waals surface area contributed by atoms with Crippen molar-refractivity contribution in [3.8, 4) is 10.6 Å². The summed E-state index contributed by atoms with van der Waals surface area (Å²) in [5, 5.41) is 16.9. The minimum Gasteiger partial charge on any atom is -0.359 e. The predicted molar refractivity (Wildman–Crippen MR) is 117 cm³/mol. The number of nitrogens with two attached hydrogens (primary N) is 1. The molecule has 0 aliphatic carbocycles. The van der Waals surface area contributed by atoms with Gasteiger partial charge in [0, 0.05) is 46.0 Å². The highest BCUT2D eigenvalue weighted by atomic mass is 35.5. The molecule has 0 aliphatic rings. The number of halogens is 2. The van der Waals surface area contributed by atoms with Gasteiger partial charge >= 0.3 is 0 Å².